The minimum absolute atomic E-state index is 0.511. The van der Waals surface area contributed by atoms with Crippen LogP contribution in [0.2, 0.25) is 0 Å². The molecule has 0 atom stereocenters. The Morgan fingerprint density at radius 1 is 1.35 bits per heavy atom. The molecule has 0 amide bonds. The maximum Gasteiger partial charge on any atom is 0.263 e. The van der Waals surface area contributed by atoms with Crippen molar-refractivity contribution in [3.05, 3.63) is 26.6 Å². The van der Waals surface area contributed by atoms with Crippen LogP contribution in [0.25, 0.3) is 0 Å². The van der Waals surface area contributed by atoms with Crippen LogP contribution in [-0.4, -0.2) is 27.3 Å². The fourth-order valence-corrected chi connectivity index (χ4v) is 3.23. The van der Waals surface area contributed by atoms with Gasteiger partial charge in [-0.3, -0.25) is 0 Å². The van der Waals surface area contributed by atoms with E-state index in [2.05, 4.69) is 59.5 Å². The van der Waals surface area contributed by atoms with Crippen LogP contribution in [0.4, 0.5) is 5.95 Å². The zero-order valence-corrected chi connectivity index (χ0v) is 14.4. The summed E-state index contributed by atoms with van der Waals surface area (Å²) in [5.74, 6) is 1.30. The van der Waals surface area contributed by atoms with E-state index in [0.717, 1.165) is 33.2 Å². The predicted octanol–water partition coefficient (Wildman–Crippen LogP) is 3.23. The Morgan fingerprint density at radius 2 is 2.15 bits per heavy atom. The highest BCUT2D eigenvalue weighted by Crippen LogP contribution is 2.32. The number of nitrogens with one attached hydrogen (secondary N) is 1. The van der Waals surface area contributed by atoms with Gasteiger partial charge in [-0.2, -0.15) is 4.80 Å². The number of anilines is 1. The van der Waals surface area contributed by atoms with E-state index in [4.69, 9.17) is 4.74 Å². The van der Waals surface area contributed by atoms with Crippen molar-refractivity contribution in [3.63, 3.8) is 0 Å². The van der Waals surface area contributed by atoms with E-state index in [9.17, 15) is 0 Å². The Bertz CT molecular complexity index is 587. The number of aromatic nitrogens is 4. The lowest BCUT2D eigenvalue weighted by Gasteiger charge is -2.11. The molecule has 6 nitrogen and oxygen atoms in total. The van der Waals surface area contributed by atoms with Gasteiger partial charge < -0.3 is 10.1 Å². The Hall–Kier alpha value is -1.15. The van der Waals surface area contributed by atoms with Gasteiger partial charge in [0, 0.05) is 16.6 Å². The summed E-state index contributed by atoms with van der Waals surface area (Å²) >= 11 is 6.94. The molecule has 0 aliphatic rings. The summed E-state index contributed by atoms with van der Waals surface area (Å²) in [5, 5.41) is 15.3. The molecule has 1 heterocycles. The van der Waals surface area contributed by atoms with Crippen LogP contribution < -0.4 is 10.1 Å². The number of benzene rings is 1. The Labute approximate surface area is 134 Å². The number of hydrogen-bond acceptors (Lipinski definition) is 5. The van der Waals surface area contributed by atoms with Crippen molar-refractivity contribution in [2.24, 2.45) is 0 Å². The molecule has 20 heavy (non-hydrogen) atoms. The Kier molecular flexibility index (Phi) is 5.36. The lowest BCUT2D eigenvalue weighted by molar-refractivity contribution is 0.407. The van der Waals surface area contributed by atoms with Crippen molar-refractivity contribution in [2.45, 2.75) is 26.4 Å². The normalized spacial score (nSPS) is 10.6. The first-order chi connectivity index (χ1) is 9.63. The van der Waals surface area contributed by atoms with Gasteiger partial charge in [0.25, 0.3) is 5.95 Å². The second-order valence-electron chi connectivity index (χ2n) is 4.14. The van der Waals surface area contributed by atoms with E-state index < -0.39 is 0 Å². The largest absolute Gasteiger partial charge is 0.495 e. The van der Waals surface area contributed by atoms with Gasteiger partial charge >= 0.3 is 0 Å². The van der Waals surface area contributed by atoms with Gasteiger partial charge in [0.1, 0.15) is 5.75 Å². The van der Waals surface area contributed by atoms with E-state index >= 15 is 0 Å². The molecule has 0 fully saturated rings. The monoisotopic (exact) mass is 403 g/mol. The molecule has 0 unspecified atom stereocenters. The standard InChI is InChI=1S/C12H15Br2N5O/c1-3-4-19-17-12(16-18-19)15-7-8-5-9(13)6-10(14)11(8)20-2/h5-6H,3-4,7H2,1-2H3,(H,15,17). The molecule has 1 N–H and O–H groups in total. The van der Waals surface area contributed by atoms with E-state index in [-0.39, 0.29) is 0 Å². The van der Waals surface area contributed by atoms with Gasteiger partial charge in [0.15, 0.2) is 0 Å². The molecule has 0 aliphatic carbocycles. The third-order valence-corrected chi connectivity index (χ3v) is 3.65. The molecule has 0 aliphatic heterocycles. The number of aryl methyl sites for hydroxylation is 1. The SMILES string of the molecule is CCCn1nnc(NCc2cc(Br)cc(Br)c2OC)n1. The van der Waals surface area contributed by atoms with Gasteiger partial charge in [-0.25, -0.2) is 0 Å². The molecule has 8 heteroatoms. The van der Waals surface area contributed by atoms with Crippen LogP contribution in [0.3, 0.4) is 0 Å². The van der Waals surface area contributed by atoms with Crippen molar-refractivity contribution < 1.29 is 4.74 Å². The molecule has 1 aromatic carbocycles. The van der Waals surface area contributed by atoms with Crippen LogP contribution in [-0.2, 0) is 13.1 Å². The van der Waals surface area contributed by atoms with E-state index in [1.165, 1.54) is 0 Å². The maximum absolute atomic E-state index is 5.39. The van der Waals surface area contributed by atoms with Gasteiger partial charge in [-0.1, -0.05) is 28.0 Å². The zero-order valence-electron chi connectivity index (χ0n) is 11.2. The average molecular weight is 405 g/mol. The van der Waals surface area contributed by atoms with Crippen molar-refractivity contribution in [3.8, 4) is 5.75 Å². The van der Waals surface area contributed by atoms with Gasteiger partial charge in [0.2, 0.25) is 0 Å². The van der Waals surface area contributed by atoms with Crippen molar-refractivity contribution in [1.29, 1.82) is 0 Å². The van der Waals surface area contributed by atoms with Crippen molar-refractivity contribution in [1.82, 2.24) is 20.2 Å². The second kappa shape index (κ2) is 7.03. The second-order valence-corrected chi connectivity index (χ2v) is 5.91. The van der Waals surface area contributed by atoms with E-state index in [1.54, 1.807) is 11.9 Å². The van der Waals surface area contributed by atoms with Crippen LogP contribution in [0.5, 0.6) is 5.75 Å². The number of rotatable bonds is 6. The topological polar surface area (TPSA) is 64.9 Å². The number of ether oxygens (including phenoxy) is 1. The maximum atomic E-state index is 5.39. The molecule has 0 spiro atoms. The summed E-state index contributed by atoms with van der Waals surface area (Å²) in [5.41, 5.74) is 1.00. The molecule has 1 aromatic heterocycles. The highest BCUT2D eigenvalue weighted by atomic mass is 79.9. The predicted molar refractivity (Wildman–Crippen MR) is 83.8 cm³/mol. The summed E-state index contributed by atoms with van der Waals surface area (Å²) in [6.45, 7) is 3.39. The van der Waals surface area contributed by atoms with E-state index in [1.807, 2.05) is 12.1 Å². The first kappa shape index (κ1) is 15.2. The highest BCUT2D eigenvalue weighted by molar-refractivity contribution is 9.11. The fraction of sp³-hybridized carbons (Fsp3) is 0.417. The van der Waals surface area contributed by atoms with Gasteiger partial charge in [-0.05, 0) is 39.7 Å². The average Bonchev–Trinajstić information content (AvgIpc) is 2.84. The van der Waals surface area contributed by atoms with Gasteiger partial charge in [0.05, 0.1) is 18.1 Å². The van der Waals surface area contributed by atoms with Crippen LogP contribution in [0, 0.1) is 0 Å². The first-order valence-corrected chi connectivity index (χ1v) is 7.76. The molecule has 0 saturated carbocycles. The molecule has 2 aromatic rings. The lowest BCUT2D eigenvalue weighted by Crippen LogP contribution is -2.05. The molecule has 0 radical (unpaired) electrons. The summed E-state index contributed by atoms with van der Waals surface area (Å²) in [6.07, 6.45) is 0.974. The Balaban J connectivity index is 2.09. The lowest BCUT2D eigenvalue weighted by atomic mass is 10.2. The van der Waals surface area contributed by atoms with Crippen LogP contribution >= 0.6 is 31.9 Å². The first-order valence-electron chi connectivity index (χ1n) is 6.17. The zero-order chi connectivity index (χ0) is 14.5. The molecule has 108 valence electrons. The summed E-state index contributed by atoms with van der Waals surface area (Å²) in [7, 11) is 1.65. The molecule has 2 rings (SSSR count). The van der Waals surface area contributed by atoms with E-state index in [0.29, 0.717) is 12.5 Å². The number of hydrogen-bond donors (Lipinski definition) is 1. The third-order valence-electron chi connectivity index (χ3n) is 2.60. The molecule has 0 bridgehead atoms. The summed E-state index contributed by atoms with van der Waals surface area (Å²) in [6, 6.07) is 3.94. The fourth-order valence-electron chi connectivity index (χ4n) is 1.76. The summed E-state index contributed by atoms with van der Waals surface area (Å²) in [4.78, 5) is 1.58. The Morgan fingerprint density at radius 3 is 2.85 bits per heavy atom. The summed E-state index contributed by atoms with van der Waals surface area (Å²) < 4.78 is 7.27. The third kappa shape index (κ3) is 3.69. The molecular weight excluding hydrogens is 390 g/mol. The molecular formula is C12H15Br2N5O. The van der Waals surface area contributed by atoms with Crippen LogP contribution in [0.1, 0.15) is 18.9 Å². The number of methoxy groups -OCH3 is 1. The minimum Gasteiger partial charge on any atom is -0.495 e. The minimum atomic E-state index is 0.511. The highest BCUT2D eigenvalue weighted by Gasteiger charge is 2.10. The number of halogens is 2. The smallest absolute Gasteiger partial charge is 0.263 e. The van der Waals surface area contributed by atoms with Crippen molar-refractivity contribution >= 4 is 37.8 Å². The van der Waals surface area contributed by atoms with Crippen LogP contribution in [0.15, 0.2) is 21.1 Å². The quantitative estimate of drug-likeness (QED) is 0.800. The number of nitrogens with zero attached hydrogens (tertiary/aromatic N) is 4. The molecule has 0 saturated heterocycles. The van der Waals surface area contributed by atoms with Crippen molar-refractivity contribution in [2.75, 3.05) is 12.4 Å². The number of tetrazole rings is 1. The van der Waals surface area contributed by atoms with Gasteiger partial charge in [-0.15, -0.1) is 5.10 Å².